The molecule has 0 spiro atoms. The van der Waals surface area contributed by atoms with E-state index in [2.05, 4.69) is 21.1 Å². The Labute approximate surface area is 140 Å². The summed E-state index contributed by atoms with van der Waals surface area (Å²) in [5, 5.41) is 4.65. The number of nitrogens with zero attached hydrogens (tertiary/aromatic N) is 4. The van der Waals surface area contributed by atoms with E-state index in [1.54, 1.807) is 18.6 Å². The monoisotopic (exact) mass is 322 g/mol. The molecule has 0 aliphatic carbocycles. The van der Waals surface area contributed by atoms with Crippen molar-refractivity contribution in [2.24, 2.45) is 0 Å². The molecule has 6 nitrogen and oxygen atoms in total. The number of hydrogen-bond donors (Lipinski definition) is 0. The first-order valence-corrected chi connectivity index (χ1v) is 7.98. The quantitative estimate of drug-likeness (QED) is 0.738. The second-order valence-electron chi connectivity index (χ2n) is 5.66. The van der Waals surface area contributed by atoms with Crippen molar-refractivity contribution in [3.05, 3.63) is 55.1 Å². The summed E-state index contributed by atoms with van der Waals surface area (Å²) in [6.45, 7) is 2.65. The molecule has 3 aromatic rings. The molecule has 0 radical (unpaired) electrons. The molecule has 0 amide bonds. The summed E-state index contributed by atoms with van der Waals surface area (Å²) >= 11 is 0. The maximum Gasteiger partial charge on any atom is 0.100 e. The lowest BCUT2D eigenvalue weighted by molar-refractivity contribution is -0.0946. The van der Waals surface area contributed by atoms with Gasteiger partial charge >= 0.3 is 0 Å². The van der Waals surface area contributed by atoms with Crippen molar-refractivity contribution in [2.75, 3.05) is 19.8 Å². The van der Waals surface area contributed by atoms with Crippen LogP contribution in [-0.4, -0.2) is 45.7 Å². The van der Waals surface area contributed by atoms with Crippen molar-refractivity contribution in [3.63, 3.8) is 0 Å². The Balaban J connectivity index is 1.54. The average molecular weight is 322 g/mol. The zero-order chi connectivity index (χ0) is 16.2. The third kappa shape index (κ3) is 3.34. The molecule has 0 unspecified atom stereocenters. The van der Waals surface area contributed by atoms with Crippen molar-refractivity contribution in [3.8, 4) is 22.5 Å². The number of rotatable bonds is 4. The maximum atomic E-state index is 5.67. The van der Waals surface area contributed by atoms with E-state index in [-0.39, 0.29) is 6.10 Å². The van der Waals surface area contributed by atoms with Gasteiger partial charge < -0.3 is 9.47 Å². The molecule has 6 heteroatoms. The van der Waals surface area contributed by atoms with E-state index in [0.717, 1.165) is 22.5 Å². The van der Waals surface area contributed by atoms with Gasteiger partial charge in [-0.3, -0.25) is 14.6 Å². The number of ether oxygens (including phenoxy) is 2. The van der Waals surface area contributed by atoms with Crippen LogP contribution in [0.4, 0.5) is 0 Å². The Bertz CT molecular complexity index is 798. The maximum absolute atomic E-state index is 5.67. The van der Waals surface area contributed by atoms with Crippen LogP contribution in [0.3, 0.4) is 0 Å². The second-order valence-corrected chi connectivity index (χ2v) is 5.66. The highest BCUT2D eigenvalue weighted by atomic mass is 16.6. The van der Waals surface area contributed by atoms with Crippen molar-refractivity contribution in [2.45, 2.75) is 12.6 Å². The Kier molecular flexibility index (Phi) is 4.31. The van der Waals surface area contributed by atoms with Crippen LogP contribution < -0.4 is 0 Å². The minimum atomic E-state index is 0.0671. The summed E-state index contributed by atoms with van der Waals surface area (Å²) in [5.74, 6) is 0. The molecule has 0 saturated carbocycles. The van der Waals surface area contributed by atoms with E-state index in [9.17, 15) is 0 Å². The fraction of sp³-hybridized carbons (Fsp3) is 0.278. The molecule has 1 fully saturated rings. The molecule has 0 N–H and O–H groups in total. The fourth-order valence-electron chi connectivity index (χ4n) is 2.75. The predicted molar refractivity (Wildman–Crippen MR) is 89.2 cm³/mol. The Hall–Kier alpha value is -2.57. The van der Waals surface area contributed by atoms with Crippen molar-refractivity contribution in [1.82, 2.24) is 19.7 Å². The Morgan fingerprint density at radius 3 is 2.79 bits per heavy atom. The highest BCUT2D eigenvalue weighted by Crippen LogP contribution is 2.23. The lowest BCUT2D eigenvalue weighted by Gasteiger charge is -2.22. The van der Waals surface area contributed by atoms with Crippen LogP contribution in [0.1, 0.15) is 0 Å². The van der Waals surface area contributed by atoms with Crippen LogP contribution in [0.2, 0.25) is 0 Å². The third-order valence-electron chi connectivity index (χ3n) is 3.93. The highest BCUT2D eigenvalue weighted by Gasteiger charge is 2.15. The number of benzene rings is 1. The highest BCUT2D eigenvalue weighted by molar-refractivity contribution is 5.68. The van der Waals surface area contributed by atoms with E-state index in [1.807, 2.05) is 35.1 Å². The molecular weight excluding hydrogens is 304 g/mol. The van der Waals surface area contributed by atoms with Crippen LogP contribution in [-0.2, 0) is 16.0 Å². The predicted octanol–water partition coefficient (Wildman–Crippen LogP) is 2.42. The smallest absolute Gasteiger partial charge is 0.100 e. The molecule has 4 rings (SSSR count). The van der Waals surface area contributed by atoms with Crippen molar-refractivity contribution < 1.29 is 9.47 Å². The summed E-state index contributed by atoms with van der Waals surface area (Å²) in [6, 6.07) is 10.2. The first-order chi connectivity index (χ1) is 11.9. The first kappa shape index (κ1) is 15.0. The molecule has 1 aliphatic heterocycles. The van der Waals surface area contributed by atoms with E-state index < -0.39 is 0 Å². The molecule has 0 bridgehead atoms. The van der Waals surface area contributed by atoms with Gasteiger partial charge in [-0.25, -0.2) is 0 Å². The van der Waals surface area contributed by atoms with Gasteiger partial charge in [0.1, 0.15) is 6.10 Å². The van der Waals surface area contributed by atoms with Gasteiger partial charge in [-0.05, 0) is 12.1 Å². The zero-order valence-electron chi connectivity index (χ0n) is 13.2. The second kappa shape index (κ2) is 6.90. The third-order valence-corrected chi connectivity index (χ3v) is 3.93. The standard InChI is InChI=1S/C18H18N4O2/c1-2-14(10-15(3-1)18-11-19-5-6-20-18)17-4-7-22(21-17)12-16-13-23-8-9-24-16/h1-7,10-11,16H,8-9,12-13H2/t16-/m1/s1. The summed E-state index contributed by atoms with van der Waals surface area (Å²) in [6.07, 6.45) is 7.17. The average Bonchev–Trinajstić information content (AvgIpc) is 3.12. The summed E-state index contributed by atoms with van der Waals surface area (Å²) < 4.78 is 13.0. The van der Waals surface area contributed by atoms with Crippen LogP contribution in [0, 0.1) is 0 Å². The van der Waals surface area contributed by atoms with Crippen LogP contribution >= 0.6 is 0 Å². The first-order valence-electron chi connectivity index (χ1n) is 7.98. The number of aromatic nitrogens is 4. The zero-order valence-corrected chi connectivity index (χ0v) is 13.2. The molecule has 2 aromatic heterocycles. The van der Waals surface area contributed by atoms with E-state index in [1.165, 1.54) is 0 Å². The molecule has 1 aliphatic rings. The molecule has 3 heterocycles. The van der Waals surface area contributed by atoms with Crippen LogP contribution in [0.15, 0.2) is 55.1 Å². The van der Waals surface area contributed by atoms with Gasteiger partial charge in [-0.2, -0.15) is 5.10 Å². The normalized spacial score (nSPS) is 17.8. The molecule has 1 aromatic carbocycles. The van der Waals surface area contributed by atoms with Gasteiger partial charge in [-0.1, -0.05) is 18.2 Å². The van der Waals surface area contributed by atoms with Gasteiger partial charge in [0.15, 0.2) is 0 Å². The van der Waals surface area contributed by atoms with Crippen LogP contribution in [0.5, 0.6) is 0 Å². The fourth-order valence-corrected chi connectivity index (χ4v) is 2.75. The lowest BCUT2D eigenvalue weighted by Crippen LogP contribution is -2.32. The van der Waals surface area contributed by atoms with E-state index in [4.69, 9.17) is 9.47 Å². The largest absolute Gasteiger partial charge is 0.376 e. The molecule has 1 saturated heterocycles. The van der Waals surface area contributed by atoms with Crippen LogP contribution in [0.25, 0.3) is 22.5 Å². The van der Waals surface area contributed by atoms with Gasteiger partial charge in [0.25, 0.3) is 0 Å². The van der Waals surface area contributed by atoms with Crippen molar-refractivity contribution >= 4 is 0 Å². The van der Waals surface area contributed by atoms with E-state index in [0.29, 0.717) is 26.4 Å². The van der Waals surface area contributed by atoms with Gasteiger partial charge in [0.2, 0.25) is 0 Å². The van der Waals surface area contributed by atoms with Gasteiger partial charge in [0, 0.05) is 29.7 Å². The van der Waals surface area contributed by atoms with Gasteiger partial charge in [0.05, 0.1) is 44.0 Å². The summed E-state index contributed by atoms with van der Waals surface area (Å²) in [4.78, 5) is 8.47. The topological polar surface area (TPSA) is 62.1 Å². The molecular formula is C18H18N4O2. The minimum Gasteiger partial charge on any atom is -0.376 e. The molecule has 122 valence electrons. The molecule has 24 heavy (non-hydrogen) atoms. The molecule has 1 atom stereocenters. The minimum absolute atomic E-state index is 0.0671. The SMILES string of the molecule is c1cc(-c2cnccn2)cc(-c2ccn(C[C@@H]3COCCO3)n2)c1. The van der Waals surface area contributed by atoms with Crippen molar-refractivity contribution in [1.29, 1.82) is 0 Å². The van der Waals surface area contributed by atoms with E-state index >= 15 is 0 Å². The Morgan fingerprint density at radius 1 is 1.08 bits per heavy atom. The van der Waals surface area contributed by atoms with Gasteiger partial charge in [-0.15, -0.1) is 0 Å². The lowest BCUT2D eigenvalue weighted by atomic mass is 10.1. The Morgan fingerprint density at radius 2 is 2.00 bits per heavy atom. The summed E-state index contributed by atoms with van der Waals surface area (Å²) in [7, 11) is 0. The summed E-state index contributed by atoms with van der Waals surface area (Å²) in [5.41, 5.74) is 3.86. The number of hydrogen-bond acceptors (Lipinski definition) is 5.